The molecule has 2 nitrogen and oxygen atoms in total. The zero-order chi connectivity index (χ0) is 14.8. The van der Waals surface area contributed by atoms with Gasteiger partial charge in [-0.05, 0) is 38.3 Å². The van der Waals surface area contributed by atoms with Crippen molar-refractivity contribution in [3.63, 3.8) is 0 Å². The molecule has 0 saturated heterocycles. The SMILES string of the molecule is C=CCC=C/C(C)=C\C(=C)/C(C)=C/C(C=N)C(C)=O. The predicted molar refractivity (Wildman–Crippen MR) is 83.6 cm³/mol. The average molecular weight is 257 g/mol. The first-order chi connectivity index (χ1) is 8.92. The molecule has 0 aliphatic carbocycles. The van der Waals surface area contributed by atoms with Crippen LogP contribution in [0.3, 0.4) is 0 Å². The summed E-state index contributed by atoms with van der Waals surface area (Å²) in [5.41, 5.74) is 2.86. The minimum Gasteiger partial charge on any atom is -0.312 e. The number of allylic oxidation sites excluding steroid dienone is 8. The summed E-state index contributed by atoms with van der Waals surface area (Å²) in [6, 6.07) is 0. The third kappa shape index (κ3) is 7.14. The maximum atomic E-state index is 11.3. The predicted octanol–water partition coefficient (Wildman–Crippen LogP) is 4.42. The first kappa shape index (κ1) is 17.0. The molecule has 2 heteroatoms. The van der Waals surface area contributed by atoms with E-state index in [2.05, 4.69) is 13.2 Å². The van der Waals surface area contributed by atoms with Gasteiger partial charge in [-0.15, -0.1) is 6.58 Å². The van der Waals surface area contributed by atoms with Crippen molar-refractivity contribution < 1.29 is 4.79 Å². The van der Waals surface area contributed by atoms with Gasteiger partial charge >= 0.3 is 0 Å². The van der Waals surface area contributed by atoms with Gasteiger partial charge in [0.05, 0.1) is 5.92 Å². The molecule has 0 radical (unpaired) electrons. The number of carbonyl (C=O) groups excluding carboxylic acids is 1. The molecule has 0 aliphatic heterocycles. The fourth-order valence-corrected chi connectivity index (χ4v) is 1.45. The van der Waals surface area contributed by atoms with E-state index in [1.165, 1.54) is 6.92 Å². The molecule has 0 saturated carbocycles. The largest absolute Gasteiger partial charge is 0.312 e. The standard InChI is InChI=1S/C17H23NO/c1-6-7-8-9-13(2)10-14(3)15(4)11-17(12-18)16(5)19/h6,8-12,17-18H,1,3,7H2,2,4-5H3/b9-8?,13-10-,15-11+,18-12?. The van der Waals surface area contributed by atoms with Crippen LogP contribution in [0.1, 0.15) is 27.2 Å². The van der Waals surface area contributed by atoms with Crippen LogP contribution in [-0.2, 0) is 4.79 Å². The Kier molecular flexibility index (Phi) is 8.10. The van der Waals surface area contributed by atoms with Crippen LogP contribution >= 0.6 is 0 Å². The summed E-state index contributed by atoms with van der Waals surface area (Å²) in [4.78, 5) is 11.3. The highest BCUT2D eigenvalue weighted by atomic mass is 16.1. The molecule has 1 atom stereocenters. The lowest BCUT2D eigenvalue weighted by Gasteiger charge is -2.06. The van der Waals surface area contributed by atoms with Crippen LogP contribution in [0.15, 0.2) is 60.3 Å². The van der Waals surface area contributed by atoms with Gasteiger partial charge in [0.2, 0.25) is 0 Å². The fourth-order valence-electron chi connectivity index (χ4n) is 1.45. The summed E-state index contributed by atoms with van der Waals surface area (Å²) in [5, 5.41) is 7.22. The number of hydrogen-bond donors (Lipinski definition) is 1. The van der Waals surface area contributed by atoms with Gasteiger partial charge in [-0.3, -0.25) is 4.79 Å². The minimum absolute atomic E-state index is 0.0336. The molecular formula is C17H23NO. The Hall–Kier alpha value is -1.96. The van der Waals surface area contributed by atoms with E-state index >= 15 is 0 Å². The van der Waals surface area contributed by atoms with Crippen molar-refractivity contribution in [1.82, 2.24) is 0 Å². The van der Waals surface area contributed by atoms with Crippen molar-refractivity contribution in [2.24, 2.45) is 5.92 Å². The Balaban J connectivity index is 4.86. The third-order valence-electron chi connectivity index (χ3n) is 2.67. The zero-order valence-corrected chi connectivity index (χ0v) is 12.1. The van der Waals surface area contributed by atoms with Crippen molar-refractivity contribution in [2.75, 3.05) is 0 Å². The molecule has 0 aromatic heterocycles. The quantitative estimate of drug-likeness (QED) is 0.390. The molecule has 0 aliphatic rings. The average Bonchev–Trinajstić information content (AvgIpc) is 2.35. The first-order valence-corrected chi connectivity index (χ1v) is 6.26. The molecule has 1 unspecified atom stereocenters. The Morgan fingerprint density at radius 1 is 1.32 bits per heavy atom. The number of carbonyl (C=O) groups is 1. The van der Waals surface area contributed by atoms with Gasteiger partial charge in [0.25, 0.3) is 0 Å². The molecule has 0 aromatic rings. The number of hydrogen-bond acceptors (Lipinski definition) is 2. The summed E-state index contributed by atoms with van der Waals surface area (Å²) in [6.07, 6.45) is 11.6. The van der Waals surface area contributed by atoms with Crippen molar-refractivity contribution in [3.05, 3.63) is 60.3 Å². The van der Waals surface area contributed by atoms with Crippen LogP contribution in [0.25, 0.3) is 0 Å². The normalized spacial score (nSPS) is 14.3. The first-order valence-electron chi connectivity index (χ1n) is 6.26. The highest BCUT2D eigenvalue weighted by Gasteiger charge is 2.08. The highest BCUT2D eigenvalue weighted by molar-refractivity contribution is 5.94. The van der Waals surface area contributed by atoms with E-state index in [1.54, 1.807) is 6.08 Å². The summed E-state index contributed by atoms with van der Waals surface area (Å²) < 4.78 is 0. The van der Waals surface area contributed by atoms with Gasteiger partial charge in [-0.25, -0.2) is 0 Å². The van der Waals surface area contributed by atoms with Crippen LogP contribution < -0.4 is 0 Å². The van der Waals surface area contributed by atoms with Crippen LogP contribution in [0.2, 0.25) is 0 Å². The van der Waals surface area contributed by atoms with Crippen LogP contribution in [-0.4, -0.2) is 12.0 Å². The lowest BCUT2D eigenvalue weighted by Crippen LogP contribution is -2.09. The Morgan fingerprint density at radius 3 is 2.42 bits per heavy atom. The number of rotatable bonds is 8. The van der Waals surface area contributed by atoms with Crippen LogP contribution in [0, 0.1) is 11.3 Å². The van der Waals surface area contributed by atoms with Crippen molar-refractivity contribution in [1.29, 1.82) is 5.41 Å². The van der Waals surface area contributed by atoms with Crippen molar-refractivity contribution in [3.8, 4) is 0 Å². The molecule has 19 heavy (non-hydrogen) atoms. The molecule has 0 rings (SSSR count). The smallest absolute Gasteiger partial charge is 0.141 e. The van der Waals surface area contributed by atoms with Gasteiger partial charge in [-0.2, -0.15) is 0 Å². The second-order valence-electron chi connectivity index (χ2n) is 4.49. The Labute approximate surface area is 116 Å². The van der Waals surface area contributed by atoms with Gasteiger partial charge in [0.1, 0.15) is 5.78 Å². The van der Waals surface area contributed by atoms with E-state index in [0.717, 1.165) is 29.4 Å². The summed E-state index contributed by atoms with van der Waals surface area (Å²) in [6.45, 7) is 13.0. The van der Waals surface area contributed by atoms with Gasteiger partial charge in [0, 0.05) is 6.21 Å². The summed E-state index contributed by atoms with van der Waals surface area (Å²) >= 11 is 0. The zero-order valence-electron chi connectivity index (χ0n) is 12.1. The van der Waals surface area contributed by atoms with E-state index in [4.69, 9.17) is 5.41 Å². The van der Waals surface area contributed by atoms with Gasteiger partial charge < -0.3 is 5.41 Å². The molecule has 0 amide bonds. The molecule has 102 valence electrons. The lowest BCUT2D eigenvalue weighted by molar-refractivity contribution is -0.117. The van der Waals surface area contributed by atoms with E-state index < -0.39 is 5.92 Å². The van der Waals surface area contributed by atoms with Gasteiger partial charge in [0.15, 0.2) is 0 Å². The molecular weight excluding hydrogens is 234 g/mol. The van der Waals surface area contributed by atoms with Crippen molar-refractivity contribution >= 4 is 12.0 Å². The topological polar surface area (TPSA) is 40.9 Å². The monoisotopic (exact) mass is 257 g/mol. The maximum absolute atomic E-state index is 11.3. The molecule has 0 heterocycles. The minimum atomic E-state index is -0.457. The summed E-state index contributed by atoms with van der Waals surface area (Å²) in [7, 11) is 0. The second kappa shape index (κ2) is 9.03. The lowest BCUT2D eigenvalue weighted by atomic mass is 9.99. The van der Waals surface area contributed by atoms with E-state index in [1.807, 2.05) is 38.2 Å². The van der Waals surface area contributed by atoms with Crippen LogP contribution in [0.4, 0.5) is 0 Å². The van der Waals surface area contributed by atoms with E-state index in [0.29, 0.717) is 0 Å². The number of Topliss-reactive ketones (excluding diaryl/α,β-unsaturated/α-hetero) is 1. The van der Waals surface area contributed by atoms with Gasteiger partial charge in [-0.1, -0.05) is 42.5 Å². The van der Waals surface area contributed by atoms with Crippen LogP contribution in [0.5, 0.6) is 0 Å². The molecule has 1 N–H and O–H groups in total. The fraction of sp³-hybridized carbons (Fsp3) is 0.294. The number of ketones is 1. The number of nitrogens with one attached hydrogen (secondary N) is 1. The molecule has 0 spiro atoms. The van der Waals surface area contributed by atoms with E-state index in [9.17, 15) is 4.79 Å². The molecule has 0 aromatic carbocycles. The third-order valence-corrected chi connectivity index (χ3v) is 2.67. The molecule has 0 fully saturated rings. The Morgan fingerprint density at radius 2 is 1.95 bits per heavy atom. The highest BCUT2D eigenvalue weighted by Crippen LogP contribution is 2.14. The Bertz CT molecular complexity index is 450. The van der Waals surface area contributed by atoms with Crippen molar-refractivity contribution in [2.45, 2.75) is 27.2 Å². The second-order valence-corrected chi connectivity index (χ2v) is 4.49. The maximum Gasteiger partial charge on any atom is 0.141 e. The summed E-state index contributed by atoms with van der Waals surface area (Å²) in [5.74, 6) is -0.490. The molecule has 0 bridgehead atoms. The van der Waals surface area contributed by atoms with E-state index in [-0.39, 0.29) is 5.78 Å².